The molecule has 9 heteroatoms. The number of amides is 2. The molecule has 0 radical (unpaired) electrons. The lowest BCUT2D eigenvalue weighted by Gasteiger charge is -2.45. The molecule has 0 aliphatic heterocycles. The normalized spacial score (nSPS) is 22.3. The maximum Gasteiger partial charge on any atom is 0.253 e. The molecule has 1 aliphatic rings. The topological polar surface area (TPSA) is 124 Å². The van der Waals surface area contributed by atoms with Crippen LogP contribution in [-0.2, 0) is 4.79 Å². The zero-order chi connectivity index (χ0) is 24.3. The molecule has 3 aromatic heterocycles. The molecule has 3 heterocycles. The lowest BCUT2D eigenvalue weighted by atomic mass is 9.69. The van der Waals surface area contributed by atoms with Gasteiger partial charge in [-0.05, 0) is 62.9 Å². The molecular weight excluding hydrogens is 430 g/mol. The predicted molar refractivity (Wildman–Crippen MR) is 127 cm³/mol. The Morgan fingerprint density at radius 2 is 2.09 bits per heavy atom. The third kappa shape index (κ3) is 4.63. The second-order valence-corrected chi connectivity index (χ2v) is 9.10. The summed E-state index contributed by atoms with van der Waals surface area (Å²) in [7, 11) is 1.64. The molecule has 3 aromatic rings. The Morgan fingerprint density at radius 1 is 1.26 bits per heavy atom. The number of fused-ring (bicyclic) bond motifs is 1. The van der Waals surface area contributed by atoms with Crippen molar-refractivity contribution < 1.29 is 9.59 Å². The summed E-state index contributed by atoms with van der Waals surface area (Å²) in [6.45, 7) is 4.03. The van der Waals surface area contributed by atoms with Gasteiger partial charge < -0.3 is 16.0 Å². The van der Waals surface area contributed by atoms with E-state index in [0.717, 1.165) is 11.1 Å². The van der Waals surface area contributed by atoms with Crippen molar-refractivity contribution in [3.8, 4) is 6.07 Å². The van der Waals surface area contributed by atoms with Gasteiger partial charge in [-0.15, -0.1) is 0 Å². The van der Waals surface area contributed by atoms with Crippen LogP contribution in [0.3, 0.4) is 0 Å². The molecule has 1 aliphatic carbocycles. The van der Waals surface area contributed by atoms with Crippen molar-refractivity contribution in [3.63, 3.8) is 0 Å². The monoisotopic (exact) mass is 459 g/mol. The first-order chi connectivity index (χ1) is 16.3. The van der Waals surface area contributed by atoms with Gasteiger partial charge in [-0.2, -0.15) is 10.4 Å². The van der Waals surface area contributed by atoms with Crippen LogP contribution in [0.5, 0.6) is 0 Å². The number of nitrogens with one attached hydrogen (secondary N) is 3. The summed E-state index contributed by atoms with van der Waals surface area (Å²) in [5, 5.41) is 22.9. The summed E-state index contributed by atoms with van der Waals surface area (Å²) in [6, 6.07) is 11.0. The smallest absolute Gasteiger partial charge is 0.253 e. The van der Waals surface area contributed by atoms with Gasteiger partial charge in [0.25, 0.3) is 5.91 Å². The number of hydrogen-bond acceptors (Lipinski definition) is 6. The van der Waals surface area contributed by atoms with Gasteiger partial charge in [0.05, 0.1) is 22.8 Å². The minimum atomic E-state index is -0.769. The lowest BCUT2D eigenvalue weighted by Crippen LogP contribution is -2.63. The van der Waals surface area contributed by atoms with Gasteiger partial charge in [0.1, 0.15) is 11.8 Å². The number of pyridine rings is 1. The fourth-order valence-electron chi connectivity index (χ4n) is 4.93. The Morgan fingerprint density at radius 3 is 2.76 bits per heavy atom. The molecular formula is C25H29N7O2. The molecule has 0 saturated heterocycles. The Hall–Kier alpha value is -3.77. The van der Waals surface area contributed by atoms with Crippen molar-refractivity contribution in [2.45, 2.75) is 56.7 Å². The van der Waals surface area contributed by atoms with E-state index in [2.05, 4.69) is 26.0 Å². The molecule has 9 nitrogen and oxygen atoms in total. The largest absolute Gasteiger partial charge is 0.358 e. The van der Waals surface area contributed by atoms with Gasteiger partial charge in [-0.3, -0.25) is 9.59 Å². The second-order valence-electron chi connectivity index (χ2n) is 9.10. The highest BCUT2D eigenvalue weighted by molar-refractivity contribution is 5.95. The average Bonchev–Trinajstić information content (AvgIpc) is 3.32. The number of rotatable bonds is 6. The van der Waals surface area contributed by atoms with Gasteiger partial charge in [0.15, 0.2) is 0 Å². The van der Waals surface area contributed by atoms with E-state index in [1.165, 1.54) is 0 Å². The van der Waals surface area contributed by atoms with Crippen LogP contribution in [-0.4, -0.2) is 51.1 Å². The van der Waals surface area contributed by atoms with Crippen LogP contribution in [0, 0.1) is 11.3 Å². The fraction of sp³-hybridized carbons (Fsp3) is 0.400. The molecule has 4 rings (SSSR count). The molecule has 3 atom stereocenters. The average molecular weight is 460 g/mol. The van der Waals surface area contributed by atoms with Crippen molar-refractivity contribution in [2.75, 3.05) is 7.05 Å². The Kier molecular flexibility index (Phi) is 6.61. The summed E-state index contributed by atoms with van der Waals surface area (Å²) >= 11 is 0. The molecule has 0 spiro atoms. The van der Waals surface area contributed by atoms with E-state index in [1.54, 1.807) is 36.1 Å². The number of likely N-dealkylation sites (N-methyl/N-ethyl adjacent to an activating group) is 1. The first kappa shape index (κ1) is 23.4. The van der Waals surface area contributed by atoms with Crippen molar-refractivity contribution in [2.24, 2.45) is 0 Å². The molecule has 1 fully saturated rings. The highest BCUT2D eigenvalue weighted by Crippen LogP contribution is 2.39. The first-order valence-electron chi connectivity index (χ1n) is 11.5. The van der Waals surface area contributed by atoms with E-state index < -0.39 is 5.54 Å². The van der Waals surface area contributed by atoms with Gasteiger partial charge >= 0.3 is 0 Å². The number of nitriles is 1. The third-order valence-corrected chi connectivity index (χ3v) is 6.45. The molecule has 1 saturated carbocycles. The third-order valence-electron chi connectivity index (χ3n) is 6.45. The van der Waals surface area contributed by atoms with Crippen LogP contribution in [0.15, 0.2) is 48.9 Å². The predicted octanol–water partition coefficient (Wildman–Crippen LogP) is 2.15. The maximum atomic E-state index is 13.2. The molecule has 0 bridgehead atoms. The van der Waals surface area contributed by atoms with Crippen molar-refractivity contribution in [3.05, 3.63) is 65.7 Å². The summed E-state index contributed by atoms with van der Waals surface area (Å²) in [4.78, 5) is 30.4. The molecule has 0 aromatic carbocycles. The minimum Gasteiger partial charge on any atom is -0.358 e. The van der Waals surface area contributed by atoms with E-state index in [4.69, 9.17) is 5.26 Å². The van der Waals surface area contributed by atoms with E-state index in [1.807, 2.05) is 44.3 Å². The molecule has 0 unspecified atom stereocenters. The lowest BCUT2D eigenvalue weighted by molar-refractivity contribution is -0.129. The SMILES string of the molecule is CNC(=O)[C@@]1(NC(C)C)CC[C@@H](NC(=O)c2cnn3cccc3c2)[C@@H](c2ccc(C#N)nc2)C1. The zero-order valence-corrected chi connectivity index (χ0v) is 19.6. The zero-order valence-electron chi connectivity index (χ0n) is 19.6. The maximum absolute atomic E-state index is 13.2. The molecule has 2 amide bonds. The van der Waals surface area contributed by atoms with Gasteiger partial charge in [0, 0.05) is 37.4 Å². The van der Waals surface area contributed by atoms with Crippen LogP contribution in [0.4, 0.5) is 0 Å². The summed E-state index contributed by atoms with van der Waals surface area (Å²) < 4.78 is 1.71. The summed E-state index contributed by atoms with van der Waals surface area (Å²) in [5.74, 6) is -0.455. The van der Waals surface area contributed by atoms with E-state index in [9.17, 15) is 9.59 Å². The highest BCUT2D eigenvalue weighted by Gasteiger charge is 2.46. The van der Waals surface area contributed by atoms with E-state index in [-0.39, 0.29) is 29.8 Å². The summed E-state index contributed by atoms with van der Waals surface area (Å²) in [6.07, 6.45) is 6.71. The molecule has 176 valence electrons. The fourth-order valence-corrected chi connectivity index (χ4v) is 4.93. The van der Waals surface area contributed by atoms with Crippen LogP contribution < -0.4 is 16.0 Å². The van der Waals surface area contributed by atoms with Gasteiger partial charge in [-0.25, -0.2) is 9.50 Å². The van der Waals surface area contributed by atoms with Crippen LogP contribution in [0.2, 0.25) is 0 Å². The number of hydrogen-bond donors (Lipinski definition) is 3. The Labute approximate surface area is 198 Å². The Balaban J connectivity index is 1.65. The number of carbonyl (C=O) groups excluding carboxylic acids is 2. The molecule has 34 heavy (non-hydrogen) atoms. The second kappa shape index (κ2) is 9.61. The quantitative estimate of drug-likeness (QED) is 0.519. The Bertz CT molecular complexity index is 1230. The minimum absolute atomic E-state index is 0.0690. The van der Waals surface area contributed by atoms with Crippen LogP contribution in [0.25, 0.3) is 5.52 Å². The standard InChI is InChI=1S/C25H29N7O2/c1-16(2)31-25(24(34)27-3)9-8-22(21(12-25)17-6-7-19(13-26)28-14-17)30-23(33)18-11-20-5-4-10-32(20)29-15-18/h4-7,10-11,14-16,21-22,31H,8-9,12H2,1-3H3,(H,27,34)(H,30,33)/t21-,22-,25-/m1/s1. The van der Waals surface area contributed by atoms with Crippen molar-refractivity contribution >= 4 is 17.3 Å². The molecule has 3 N–H and O–H groups in total. The summed E-state index contributed by atoms with van der Waals surface area (Å²) in [5.41, 5.74) is 1.75. The van der Waals surface area contributed by atoms with Crippen molar-refractivity contribution in [1.82, 2.24) is 30.5 Å². The number of aromatic nitrogens is 3. The van der Waals surface area contributed by atoms with Crippen molar-refractivity contribution in [1.29, 1.82) is 5.26 Å². The van der Waals surface area contributed by atoms with Crippen LogP contribution >= 0.6 is 0 Å². The highest BCUT2D eigenvalue weighted by atomic mass is 16.2. The van der Waals surface area contributed by atoms with Gasteiger partial charge in [-0.1, -0.05) is 6.07 Å². The van der Waals surface area contributed by atoms with Gasteiger partial charge in [0.2, 0.25) is 5.91 Å². The van der Waals surface area contributed by atoms with E-state index >= 15 is 0 Å². The van der Waals surface area contributed by atoms with Crippen LogP contribution in [0.1, 0.15) is 60.6 Å². The van der Waals surface area contributed by atoms with E-state index in [0.29, 0.717) is 30.5 Å². The first-order valence-corrected chi connectivity index (χ1v) is 11.5. The number of carbonyl (C=O) groups is 2. The number of nitrogens with zero attached hydrogens (tertiary/aromatic N) is 4.